The number of methoxy groups -OCH3 is 1. The van der Waals surface area contributed by atoms with E-state index in [2.05, 4.69) is 47.4 Å². The highest BCUT2D eigenvalue weighted by Crippen LogP contribution is 2.43. The first-order chi connectivity index (χ1) is 13.8. The highest BCUT2D eigenvalue weighted by Gasteiger charge is 2.37. The molecule has 0 unspecified atom stereocenters. The molecule has 3 aromatic rings. The predicted molar refractivity (Wildman–Crippen MR) is 111 cm³/mol. The minimum absolute atomic E-state index is 0.0113. The maximum absolute atomic E-state index is 12.8. The van der Waals surface area contributed by atoms with Crippen molar-refractivity contribution in [3.05, 3.63) is 102 Å². The lowest BCUT2D eigenvalue weighted by Crippen LogP contribution is -2.39. The van der Waals surface area contributed by atoms with Crippen LogP contribution in [0.2, 0.25) is 0 Å². The molecule has 3 aromatic carbocycles. The number of carbonyl (C=O) groups excluding carboxylic acids is 1. The summed E-state index contributed by atoms with van der Waals surface area (Å²) in [5.74, 6) is 1.14. The standard InChI is InChI=1S/C25H25NO2/c1-28-25-15-9-8-14-22(25)24-17-21(27)16-23(20-12-6-3-7-13-20)26(24)18-19-10-4-2-5-11-19/h2-15,23-24H,16-18H2,1H3/t23-,24+/m1/s1. The number of ketones is 1. The van der Waals surface area contributed by atoms with E-state index in [1.807, 2.05) is 42.5 Å². The lowest BCUT2D eigenvalue weighted by Gasteiger charge is -2.42. The minimum Gasteiger partial charge on any atom is -0.496 e. The van der Waals surface area contributed by atoms with E-state index < -0.39 is 0 Å². The fourth-order valence-electron chi connectivity index (χ4n) is 4.20. The molecule has 0 saturated carbocycles. The van der Waals surface area contributed by atoms with E-state index in [4.69, 9.17) is 4.74 Å². The third kappa shape index (κ3) is 3.85. The molecule has 142 valence electrons. The molecule has 0 spiro atoms. The number of ether oxygens (including phenoxy) is 1. The summed E-state index contributed by atoms with van der Waals surface area (Å²) in [6.07, 6.45) is 1.05. The van der Waals surface area contributed by atoms with Crippen molar-refractivity contribution in [1.82, 2.24) is 4.90 Å². The molecule has 2 atom stereocenters. The van der Waals surface area contributed by atoms with Crippen molar-refractivity contribution in [2.24, 2.45) is 0 Å². The SMILES string of the molecule is COc1ccccc1[C@@H]1CC(=O)C[C@H](c2ccccc2)N1Cc1ccccc1. The van der Waals surface area contributed by atoms with Gasteiger partial charge in [0.05, 0.1) is 7.11 Å². The van der Waals surface area contributed by atoms with Crippen LogP contribution in [0.4, 0.5) is 0 Å². The van der Waals surface area contributed by atoms with Gasteiger partial charge in [-0.1, -0.05) is 78.9 Å². The van der Waals surface area contributed by atoms with Crippen molar-refractivity contribution < 1.29 is 9.53 Å². The summed E-state index contributed by atoms with van der Waals surface area (Å²) < 4.78 is 5.64. The fourth-order valence-corrected chi connectivity index (χ4v) is 4.20. The molecule has 0 bridgehead atoms. The number of Topliss-reactive ketones (excluding diaryl/α,β-unsaturated/α-hetero) is 1. The normalized spacial score (nSPS) is 20.1. The van der Waals surface area contributed by atoms with Crippen LogP contribution in [0.15, 0.2) is 84.9 Å². The Morgan fingerprint density at radius 3 is 2.14 bits per heavy atom. The Balaban J connectivity index is 1.78. The first-order valence-electron chi connectivity index (χ1n) is 9.75. The molecular weight excluding hydrogens is 346 g/mol. The number of hydrogen-bond donors (Lipinski definition) is 0. The van der Waals surface area contributed by atoms with Crippen LogP contribution in [0.3, 0.4) is 0 Å². The first kappa shape index (κ1) is 18.5. The van der Waals surface area contributed by atoms with Crippen LogP contribution in [-0.4, -0.2) is 17.8 Å². The van der Waals surface area contributed by atoms with Gasteiger partial charge in [0.25, 0.3) is 0 Å². The number of benzene rings is 3. The van der Waals surface area contributed by atoms with Crippen LogP contribution in [-0.2, 0) is 11.3 Å². The molecule has 1 fully saturated rings. The van der Waals surface area contributed by atoms with Crippen LogP contribution >= 0.6 is 0 Å². The van der Waals surface area contributed by atoms with Gasteiger partial charge in [-0.25, -0.2) is 0 Å². The van der Waals surface area contributed by atoms with Gasteiger partial charge in [-0.15, -0.1) is 0 Å². The van der Waals surface area contributed by atoms with E-state index >= 15 is 0 Å². The van der Waals surface area contributed by atoms with Crippen LogP contribution in [0.25, 0.3) is 0 Å². The van der Waals surface area contributed by atoms with Gasteiger partial charge in [-0.05, 0) is 17.2 Å². The van der Waals surface area contributed by atoms with Crippen LogP contribution in [0.5, 0.6) is 5.75 Å². The van der Waals surface area contributed by atoms with E-state index in [0.717, 1.165) is 17.9 Å². The van der Waals surface area contributed by atoms with Crippen LogP contribution in [0, 0.1) is 0 Å². The van der Waals surface area contributed by atoms with Gasteiger partial charge in [0, 0.05) is 37.0 Å². The third-order valence-corrected chi connectivity index (χ3v) is 5.53. The van der Waals surface area contributed by atoms with Crippen molar-refractivity contribution in [1.29, 1.82) is 0 Å². The molecule has 1 aliphatic heterocycles. The van der Waals surface area contributed by atoms with Crippen molar-refractivity contribution in [3.8, 4) is 5.75 Å². The Bertz CT molecular complexity index is 924. The zero-order valence-electron chi connectivity index (χ0n) is 16.1. The van der Waals surface area contributed by atoms with E-state index in [1.54, 1.807) is 7.11 Å². The second kappa shape index (κ2) is 8.41. The molecule has 1 aliphatic rings. The fraction of sp³-hybridized carbons (Fsp3) is 0.240. The molecule has 0 N–H and O–H groups in total. The molecule has 28 heavy (non-hydrogen) atoms. The smallest absolute Gasteiger partial charge is 0.136 e. The highest BCUT2D eigenvalue weighted by atomic mass is 16.5. The minimum atomic E-state index is -0.0113. The van der Waals surface area contributed by atoms with Gasteiger partial charge < -0.3 is 4.74 Å². The maximum atomic E-state index is 12.8. The number of likely N-dealkylation sites (tertiary alicyclic amines) is 1. The van der Waals surface area contributed by atoms with Gasteiger partial charge in [-0.2, -0.15) is 0 Å². The van der Waals surface area contributed by atoms with Gasteiger partial charge in [0.15, 0.2) is 0 Å². The average Bonchev–Trinajstić information content (AvgIpc) is 2.76. The van der Waals surface area contributed by atoms with Crippen molar-refractivity contribution in [2.45, 2.75) is 31.5 Å². The van der Waals surface area contributed by atoms with Gasteiger partial charge >= 0.3 is 0 Å². The Labute approximate surface area is 166 Å². The van der Waals surface area contributed by atoms with Crippen molar-refractivity contribution in [3.63, 3.8) is 0 Å². The number of rotatable bonds is 5. The first-order valence-corrected chi connectivity index (χ1v) is 9.75. The largest absolute Gasteiger partial charge is 0.496 e. The number of carbonyl (C=O) groups is 1. The molecule has 1 heterocycles. The summed E-state index contributed by atoms with van der Waals surface area (Å²) in [6, 6.07) is 29.0. The summed E-state index contributed by atoms with van der Waals surface area (Å²) in [5, 5.41) is 0. The lowest BCUT2D eigenvalue weighted by atomic mass is 9.86. The van der Waals surface area contributed by atoms with Gasteiger partial charge in [0.2, 0.25) is 0 Å². The van der Waals surface area contributed by atoms with Gasteiger partial charge in [-0.3, -0.25) is 9.69 Å². The van der Waals surface area contributed by atoms with E-state index in [1.165, 1.54) is 11.1 Å². The summed E-state index contributed by atoms with van der Waals surface area (Å²) in [6.45, 7) is 0.788. The number of hydrogen-bond acceptors (Lipinski definition) is 3. The molecule has 4 rings (SSSR count). The topological polar surface area (TPSA) is 29.5 Å². The Kier molecular flexibility index (Phi) is 5.54. The second-order valence-electron chi connectivity index (χ2n) is 7.29. The third-order valence-electron chi connectivity index (χ3n) is 5.53. The van der Waals surface area contributed by atoms with E-state index in [-0.39, 0.29) is 12.1 Å². The molecule has 0 radical (unpaired) electrons. The summed E-state index contributed by atoms with van der Waals surface area (Å²) in [4.78, 5) is 15.2. The maximum Gasteiger partial charge on any atom is 0.136 e. The molecule has 3 nitrogen and oxygen atoms in total. The van der Waals surface area contributed by atoms with Gasteiger partial charge in [0.1, 0.15) is 11.5 Å². The van der Waals surface area contributed by atoms with Crippen LogP contribution < -0.4 is 4.74 Å². The number of nitrogens with zero attached hydrogens (tertiary/aromatic N) is 1. The molecular formula is C25H25NO2. The quantitative estimate of drug-likeness (QED) is 0.606. The van der Waals surface area contributed by atoms with Crippen molar-refractivity contribution in [2.75, 3.05) is 7.11 Å². The van der Waals surface area contributed by atoms with Crippen molar-refractivity contribution >= 4 is 5.78 Å². The molecule has 3 heteroatoms. The van der Waals surface area contributed by atoms with Crippen LogP contribution in [0.1, 0.15) is 41.6 Å². The monoisotopic (exact) mass is 371 g/mol. The highest BCUT2D eigenvalue weighted by molar-refractivity contribution is 5.81. The Morgan fingerprint density at radius 2 is 1.43 bits per heavy atom. The van der Waals surface area contributed by atoms with E-state index in [9.17, 15) is 4.79 Å². The summed E-state index contributed by atoms with van der Waals surface area (Å²) in [7, 11) is 1.69. The average molecular weight is 371 g/mol. The predicted octanol–water partition coefficient (Wildman–Crippen LogP) is 5.34. The Hall–Kier alpha value is -2.91. The lowest BCUT2D eigenvalue weighted by molar-refractivity contribution is -0.126. The molecule has 0 amide bonds. The molecule has 0 aromatic heterocycles. The zero-order chi connectivity index (χ0) is 19.3. The Morgan fingerprint density at radius 1 is 0.821 bits per heavy atom. The van der Waals surface area contributed by atoms with E-state index in [0.29, 0.717) is 18.6 Å². The summed E-state index contributed by atoms with van der Waals surface area (Å²) >= 11 is 0. The molecule has 0 aliphatic carbocycles. The molecule has 1 saturated heterocycles. The number of para-hydroxylation sites is 1. The zero-order valence-corrected chi connectivity index (χ0v) is 16.1. The summed E-state index contributed by atoms with van der Waals surface area (Å²) in [5.41, 5.74) is 3.51. The second-order valence-corrected chi connectivity index (χ2v) is 7.29. The number of piperidine rings is 1.